The third kappa shape index (κ3) is 2.00. The van der Waals surface area contributed by atoms with E-state index in [2.05, 4.69) is 4.85 Å². The third-order valence-corrected chi connectivity index (χ3v) is 4.37. The number of hydrogen-bond acceptors (Lipinski definition) is 1. The van der Waals surface area contributed by atoms with E-state index < -0.39 is 6.85 Å². The van der Waals surface area contributed by atoms with Crippen LogP contribution in [0.15, 0.2) is 53.1 Å². The minimum absolute atomic E-state index is 0.150. The lowest BCUT2D eigenvalue weighted by atomic mass is 9.99. The Morgan fingerprint density at radius 2 is 2.04 bits per heavy atom. The maximum Gasteiger partial charge on any atom is 0.216 e. The van der Waals surface area contributed by atoms with Crippen LogP contribution in [0.5, 0.6) is 0 Å². The highest BCUT2D eigenvalue weighted by Gasteiger charge is 2.20. The zero-order valence-electron chi connectivity index (χ0n) is 16.4. The first-order valence-electron chi connectivity index (χ1n) is 9.14. The molecule has 0 N–H and O–H groups in total. The Balaban J connectivity index is 2.20. The Labute approximate surface area is 144 Å². The number of benzene rings is 2. The Bertz CT molecular complexity index is 1250. The summed E-state index contributed by atoms with van der Waals surface area (Å²) >= 11 is 0. The fourth-order valence-electron chi connectivity index (χ4n) is 3.22. The summed E-state index contributed by atoms with van der Waals surface area (Å²) in [7, 11) is 1.96. The second kappa shape index (κ2) is 5.21. The number of hydrogen-bond donors (Lipinski definition) is 0. The average Bonchev–Trinajstić information content (AvgIpc) is 2.99. The van der Waals surface area contributed by atoms with Crippen molar-refractivity contribution < 1.29 is 13.1 Å². The van der Waals surface area contributed by atoms with Gasteiger partial charge in [0.05, 0.1) is 12.1 Å². The number of furan rings is 1. The normalized spacial score (nSPS) is 13.5. The summed E-state index contributed by atoms with van der Waals surface area (Å²) in [6.07, 6.45) is 1.96. The van der Waals surface area contributed by atoms with Crippen molar-refractivity contribution >= 4 is 27.6 Å². The first-order chi connectivity index (χ1) is 12.8. The van der Waals surface area contributed by atoms with Crippen LogP contribution in [-0.4, -0.2) is 0 Å². The van der Waals surface area contributed by atoms with Gasteiger partial charge < -0.3 is 4.42 Å². The molecule has 0 spiro atoms. The summed E-state index contributed by atoms with van der Waals surface area (Å²) in [4.78, 5) is 3.41. The molecular weight excluding hydrogens is 296 g/mol. The van der Waals surface area contributed by atoms with Crippen LogP contribution in [0, 0.1) is 20.3 Å². The van der Waals surface area contributed by atoms with E-state index in [1.807, 2.05) is 55.1 Å². The zero-order chi connectivity index (χ0) is 19.3. The number of pyridine rings is 1. The fourth-order valence-corrected chi connectivity index (χ4v) is 3.22. The van der Waals surface area contributed by atoms with Gasteiger partial charge in [-0.3, -0.25) is 0 Å². The van der Waals surface area contributed by atoms with Crippen LogP contribution in [-0.2, 0) is 7.05 Å². The largest absolute Gasteiger partial charge is 0.456 e. The lowest BCUT2D eigenvalue weighted by Gasteiger charge is -2.05. The third-order valence-electron chi connectivity index (χ3n) is 4.37. The average molecular weight is 316 g/mol. The molecule has 2 aromatic carbocycles. The molecule has 0 radical (unpaired) electrons. The highest BCUT2D eigenvalue weighted by Crippen LogP contribution is 2.39. The molecule has 0 amide bonds. The molecule has 0 saturated heterocycles. The molecule has 116 valence electrons. The predicted molar refractivity (Wildman–Crippen MR) is 96.1 cm³/mol. The molecule has 0 aliphatic carbocycles. The second-order valence-corrected chi connectivity index (χ2v) is 5.91. The quantitative estimate of drug-likeness (QED) is 0.347. The van der Waals surface area contributed by atoms with Crippen molar-refractivity contribution in [2.75, 3.05) is 0 Å². The van der Waals surface area contributed by atoms with Gasteiger partial charge in [-0.05, 0) is 37.0 Å². The van der Waals surface area contributed by atoms with Crippen LogP contribution in [0.2, 0.25) is 0 Å². The molecule has 0 atom stereocenters. The van der Waals surface area contributed by atoms with Crippen molar-refractivity contribution in [2.24, 2.45) is 7.05 Å². The van der Waals surface area contributed by atoms with Gasteiger partial charge >= 0.3 is 0 Å². The summed E-state index contributed by atoms with van der Waals surface area (Å²) < 4.78 is 31.9. The number of aromatic nitrogens is 1. The molecule has 0 unspecified atom stereocenters. The Hall–Kier alpha value is -3.12. The van der Waals surface area contributed by atoms with Crippen molar-refractivity contribution in [3.05, 3.63) is 71.2 Å². The highest BCUT2D eigenvalue weighted by molar-refractivity contribution is 6.11. The molecule has 0 saturated carbocycles. The maximum atomic E-state index is 7.92. The number of rotatable bonds is 1. The summed E-state index contributed by atoms with van der Waals surface area (Å²) in [6.45, 7) is 6.96. The van der Waals surface area contributed by atoms with Crippen LogP contribution in [0.1, 0.15) is 15.2 Å². The van der Waals surface area contributed by atoms with Gasteiger partial charge in [0.2, 0.25) is 5.69 Å². The molecule has 4 aromatic rings. The van der Waals surface area contributed by atoms with Gasteiger partial charge in [-0.2, -0.15) is 0 Å². The van der Waals surface area contributed by atoms with Crippen molar-refractivity contribution in [1.29, 1.82) is 0 Å². The topological polar surface area (TPSA) is 21.4 Å². The van der Waals surface area contributed by atoms with E-state index in [0.717, 1.165) is 22.2 Å². The van der Waals surface area contributed by atoms with Gasteiger partial charge in [-0.25, -0.2) is 9.41 Å². The van der Waals surface area contributed by atoms with Crippen molar-refractivity contribution in [3.8, 4) is 11.3 Å². The molecule has 0 aliphatic heterocycles. The van der Waals surface area contributed by atoms with Crippen LogP contribution in [0.3, 0.4) is 0 Å². The Kier molecular flexibility index (Phi) is 2.48. The molecule has 24 heavy (non-hydrogen) atoms. The SMILES string of the molecule is [2H]C([2H])([2H])c1cc([N+]#[C-])cc2oc3c(-c4cccc[n+]4C)c(C)ccc3c12. The van der Waals surface area contributed by atoms with Crippen LogP contribution < -0.4 is 4.57 Å². The predicted octanol–water partition coefficient (Wildman–Crippen LogP) is 5.25. The molecule has 4 rings (SSSR count). The van der Waals surface area contributed by atoms with Crippen LogP contribution in [0.25, 0.3) is 38.0 Å². The van der Waals surface area contributed by atoms with E-state index in [1.165, 1.54) is 6.07 Å². The standard InChI is InChI=1S/C21H17N2O/c1-13-8-9-16-19-14(2)11-15(22-3)12-18(19)24-21(16)20(13)17-7-5-6-10-23(17)4/h5-12H,1-2,4H3/q+1/i2D3. The maximum absolute atomic E-state index is 7.92. The lowest BCUT2D eigenvalue weighted by Crippen LogP contribution is -2.30. The molecule has 2 aromatic heterocycles. The van der Waals surface area contributed by atoms with Crippen LogP contribution in [0.4, 0.5) is 5.69 Å². The van der Waals surface area contributed by atoms with Crippen molar-refractivity contribution in [1.82, 2.24) is 0 Å². The van der Waals surface area contributed by atoms with E-state index >= 15 is 0 Å². The van der Waals surface area contributed by atoms with Crippen LogP contribution >= 0.6 is 0 Å². The summed E-state index contributed by atoms with van der Waals surface area (Å²) in [6, 6.07) is 12.8. The lowest BCUT2D eigenvalue weighted by molar-refractivity contribution is -0.660. The highest BCUT2D eigenvalue weighted by atomic mass is 16.3. The summed E-state index contributed by atoms with van der Waals surface area (Å²) in [5.41, 5.74) is 4.40. The van der Waals surface area contributed by atoms with E-state index in [1.54, 1.807) is 6.07 Å². The van der Waals surface area contributed by atoms with Gasteiger partial charge in [-0.1, -0.05) is 18.2 Å². The second-order valence-electron chi connectivity index (χ2n) is 5.91. The van der Waals surface area contributed by atoms with Crippen molar-refractivity contribution in [2.45, 2.75) is 13.8 Å². The monoisotopic (exact) mass is 316 g/mol. The van der Waals surface area contributed by atoms with Gasteiger partial charge in [0.1, 0.15) is 18.2 Å². The molecule has 3 heteroatoms. The van der Waals surface area contributed by atoms with Gasteiger partial charge in [0, 0.05) is 27.0 Å². The molecule has 0 bridgehead atoms. The van der Waals surface area contributed by atoms with E-state index in [9.17, 15) is 0 Å². The first-order valence-corrected chi connectivity index (χ1v) is 7.64. The van der Waals surface area contributed by atoms with Crippen molar-refractivity contribution in [3.63, 3.8) is 0 Å². The molecule has 2 heterocycles. The molecule has 0 fully saturated rings. The van der Waals surface area contributed by atoms with Gasteiger partial charge in [0.15, 0.2) is 11.9 Å². The smallest absolute Gasteiger partial charge is 0.216 e. The van der Waals surface area contributed by atoms with Gasteiger partial charge in [-0.15, -0.1) is 0 Å². The summed E-state index contributed by atoms with van der Waals surface area (Å²) in [5, 5.41) is 1.30. The Morgan fingerprint density at radius 3 is 2.79 bits per heavy atom. The number of aryl methyl sites for hydroxylation is 3. The minimum atomic E-state index is -2.34. The molecule has 3 nitrogen and oxygen atoms in total. The molecular formula is C21H17N2O+. The number of fused-ring (bicyclic) bond motifs is 3. The minimum Gasteiger partial charge on any atom is -0.456 e. The zero-order valence-corrected chi connectivity index (χ0v) is 13.4. The number of nitrogens with zero attached hydrogens (tertiary/aromatic N) is 2. The van der Waals surface area contributed by atoms with E-state index in [4.69, 9.17) is 15.1 Å². The first kappa shape index (κ1) is 11.4. The molecule has 0 aliphatic rings. The fraction of sp³-hybridized carbons (Fsp3) is 0.143. The van der Waals surface area contributed by atoms with E-state index in [0.29, 0.717) is 16.6 Å². The van der Waals surface area contributed by atoms with Gasteiger partial charge in [0.25, 0.3) is 0 Å². The van der Waals surface area contributed by atoms with E-state index in [-0.39, 0.29) is 11.3 Å². The summed E-state index contributed by atoms with van der Waals surface area (Å²) in [5.74, 6) is 0. The Morgan fingerprint density at radius 1 is 1.17 bits per heavy atom.